The van der Waals surface area contributed by atoms with Gasteiger partial charge >= 0.3 is 37.9 Å². The van der Waals surface area contributed by atoms with Crippen molar-refractivity contribution in [2.45, 2.75) is 40.5 Å². The summed E-state index contributed by atoms with van der Waals surface area (Å²) < 4.78 is 0. The average Bonchev–Trinajstić information content (AvgIpc) is 3.03. The van der Waals surface area contributed by atoms with Crippen molar-refractivity contribution < 1.29 is 20.8 Å². The third-order valence-electron chi connectivity index (χ3n) is 2.75. The van der Waals surface area contributed by atoms with Crippen LogP contribution in [0.25, 0.3) is 0 Å². The van der Waals surface area contributed by atoms with E-state index >= 15 is 0 Å². The third kappa shape index (κ3) is 14.8. The van der Waals surface area contributed by atoms with E-state index < -0.39 is 20.8 Å². The second kappa shape index (κ2) is 15.0. The van der Waals surface area contributed by atoms with Crippen molar-refractivity contribution in [3.63, 3.8) is 0 Å². The molecule has 3 heteroatoms. The van der Waals surface area contributed by atoms with Gasteiger partial charge in [-0.25, -0.2) is 0 Å². The average molecular weight is 405 g/mol. The Morgan fingerprint density at radius 2 is 0.952 bits per heavy atom. The summed E-state index contributed by atoms with van der Waals surface area (Å²) in [5.41, 5.74) is 0. The molecule has 2 rings (SSSR count). The molecule has 0 aromatic heterocycles. The van der Waals surface area contributed by atoms with Gasteiger partial charge in [-0.15, -0.1) is 0 Å². The van der Waals surface area contributed by atoms with Crippen LogP contribution in [0.5, 0.6) is 0 Å². The van der Waals surface area contributed by atoms with Crippen LogP contribution in [-0.2, 0) is 20.8 Å². The summed E-state index contributed by atoms with van der Waals surface area (Å²) in [5.74, 6) is 4.50. The topological polar surface area (TPSA) is 0 Å². The molecule has 10 radical (unpaired) electrons. The standard InChI is InChI=1S/2C9H13.2ClH.Zr/c2*1-8(2)7-9-5-3-4-6-9;;;/h2*3-6,8H,7H2,1-2H3;2*1H;/q;;;;+4/p-2. The molecule has 2 aliphatic rings. The van der Waals surface area contributed by atoms with Gasteiger partial charge in [-0.05, 0) is 87.9 Å². The molecule has 0 N–H and O–H groups in total. The Hall–Kier alpha value is 1.46. The van der Waals surface area contributed by atoms with Crippen LogP contribution in [-0.4, -0.2) is 0 Å². The molecule has 0 aromatic carbocycles. The monoisotopic (exact) mass is 402 g/mol. The first kappa shape index (κ1) is 22.5. The molecular formula is C18H26Cl2Zr+2. The van der Waals surface area contributed by atoms with Crippen LogP contribution < -0.4 is 0 Å². The molecule has 0 aromatic rings. The predicted molar refractivity (Wildman–Crippen MR) is 91.5 cm³/mol. The van der Waals surface area contributed by atoms with Crippen LogP contribution in [0.15, 0.2) is 0 Å². The fourth-order valence-electron chi connectivity index (χ4n) is 2.04. The van der Waals surface area contributed by atoms with Crippen molar-refractivity contribution in [3.05, 3.63) is 63.2 Å². The Morgan fingerprint density at radius 3 is 1.14 bits per heavy atom. The first-order chi connectivity index (χ1) is 9.99. The number of halogens is 2. The Balaban J connectivity index is 0.000000322. The van der Waals surface area contributed by atoms with E-state index in [0.29, 0.717) is 0 Å². The Labute approximate surface area is 152 Å². The quantitative estimate of drug-likeness (QED) is 0.519. The van der Waals surface area contributed by atoms with Gasteiger partial charge in [0.1, 0.15) is 0 Å². The van der Waals surface area contributed by atoms with Gasteiger partial charge in [0, 0.05) is 0 Å². The molecule has 0 aliphatic heterocycles. The summed E-state index contributed by atoms with van der Waals surface area (Å²) in [6.45, 7) is 8.97. The maximum absolute atomic E-state index is 4.93. The van der Waals surface area contributed by atoms with Crippen LogP contribution >= 0.6 is 17.0 Å². The Morgan fingerprint density at radius 1 is 0.714 bits per heavy atom. The molecule has 114 valence electrons. The molecule has 0 nitrogen and oxygen atoms in total. The first-order valence-corrected chi connectivity index (χ1v) is 13.7. The van der Waals surface area contributed by atoms with Crippen molar-refractivity contribution in [3.8, 4) is 0 Å². The molecule has 21 heavy (non-hydrogen) atoms. The van der Waals surface area contributed by atoms with Crippen molar-refractivity contribution in [1.29, 1.82) is 0 Å². The Kier molecular flexibility index (Phi) is 16.1. The van der Waals surface area contributed by atoms with Crippen molar-refractivity contribution in [2.24, 2.45) is 11.8 Å². The summed E-state index contributed by atoms with van der Waals surface area (Å²) in [6.07, 6.45) is 19.5. The SMILES string of the molecule is CC(C)C[C]1[CH][CH][CH][CH]1.CC(C)C[C]1[CH][CH][CH][CH]1.[Cl][Zr+2][Cl]. The van der Waals surface area contributed by atoms with E-state index in [1.54, 1.807) is 0 Å². The summed E-state index contributed by atoms with van der Waals surface area (Å²) >= 11 is -0.826. The fourth-order valence-corrected chi connectivity index (χ4v) is 2.04. The fraction of sp³-hybridized carbons (Fsp3) is 0.444. The molecule has 0 heterocycles. The van der Waals surface area contributed by atoms with Crippen LogP contribution in [0, 0.1) is 75.0 Å². The molecule has 0 bridgehead atoms. The van der Waals surface area contributed by atoms with Crippen LogP contribution in [0.3, 0.4) is 0 Å². The number of rotatable bonds is 4. The summed E-state index contributed by atoms with van der Waals surface area (Å²) in [5, 5.41) is 0. The van der Waals surface area contributed by atoms with E-state index in [1.807, 2.05) is 0 Å². The van der Waals surface area contributed by atoms with E-state index in [1.165, 1.54) is 24.7 Å². The summed E-state index contributed by atoms with van der Waals surface area (Å²) in [6, 6.07) is 0. The second-order valence-corrected chi connectivity index (χ2v) is 9.59. The molecule has 0 amide bonds. The summed E-state index contributed by atoms with van der Waals surface area (Å²) in [4.78, 5) is 0. The molecule has 2 saturated carbocycles. The van der Waals surface area contributed by atoms with Gasteiger partial charge in [-0.2, -0.15) is 0 Å². The second-order valence-electron chi connectivity index (χ2n) is 5.85. The van der Waals surface area contributed by atoms with Gasteiger partial charge in [0.2, 0.25) is 0 Å². The number of hydrogen-bond acceptors (Lipinski definition) is 0. The van der Waals surface area contributed by atoms with E-state index in [-0.39, 0.29) is 0 Å². The molecule has 0 atom stereocenters. The van der Waals surface area contributed by atoms with Crippen LogP contribution in [0.4, 0.5) is 0 Å². The minimum absolute atomic E-state index is 0.785. The minimum atomic E-state index is -0.826. The van der Waals surface area contributed by atoms with E-state index in [9.17, 15) is 0 Å². The van der Waals surface area contributed by atoms with Gasteiger partial charge in [0.25, 0.3) is 0 Å². The van der Waals surface area contributed by atoms with Gasteiger partial charge in [-0.1, -0.05) is 27.7 Å². The van der Waals surface area contributed by atoms with Crippen molar-refractivity contribution >= 4 is 17.0 Å². The first-order valence-electron chi connectivity index (χ1n) is 7.37. The van der Waals surface area contributed by atoms with E-state index in [4.69, 9.17) is 17.0 Å². The molecular weight excluding hydrogens is 378 g/mol. The molecule has 2 fully saturated rings. The van der Waals surface area contributed by atoms with Gasteiger partial charge < -0.3 is 0 Å². The van der Waals surface area contributed by atoms with Gasteiger partial charge in [0.15, 0.2) is 0 Å². The van der Waals surface area contributed by atoms with Crippen molar-refractivity contribution in [1.82, 2.24) is 0 Å². The van der Waals surface area contributed by atoms with Crippen LogP contribution in [0.2, 0.25) is 0 Å². The predicted octanol–water partition coefficient (Wildman–Crippen LogP) is 6.25. The molecule has 0 saturated heterocycles. The summed E-state index contributed by atoms with van der Waals surface area (Å²) in [7, 11) is 9.87. The maximum atomic E-state index is 4.93. The van der Waals surface area contributed by atoms with Gasteiger partial charge in [0.05, 0.1) is 0 Å². The van der Waals surface area contributed by atoms with Crippen molar-refractivity contribution in [2.75, 3.05) is 0 Å². The molecule has 0 unspecified atom stereocenters. The molecule has 0 spiro atoms. The zero-order chi connectivity index (χ0) is 16.1. The zero-order valence-electron chi connectivity index (χ0n) is 13.4. The van der Waals surface area contributed by atoms with Gasteiger partial charge in [-0.3, -0.25) is 0 Å². The Bertz CT molecular complexity index is 185. The third-order valence-corrected chi connectivity index (χ3v) is 2.75. The molecule has 2 aliphatic carbocycles. The normalized spacial score (nSPS) is 19.0. The zero-order valence-corrected chi connectivity index (χ0v) is 17.4. The number of hydrogen-bond donors (Lipinski definition) is 0. The van der Waals surface area contributed by atoms with E-state index in [0.717, 1.165) is 11.8 Å². The van der Waals surface area contributed by atoms with Crippen LogP contribution in [0.1, 0.15) is 40.5 Å². The van der Waals surface area contributed by atoms with E-state index in [2.05, 4.69) is 79.1 Å².